The zero-order valence-electron chi connectivity index (χ0n) is 17.2. The zero-order chi connectivity index (χ0) is 22.0. The Labute approximate surface area is 180 Å². The third-order valence-electron chi connectivity index (χ3n) is 5.86. The molecule has 5 rings (SSSR count). The molecule has 1 amide bonds. The molecule has 0 spiro atoms. The first kappa shape index (κ1) is 19.8. The largest absolute Gasteiger partial charge is 0.295 e. The number of aliphatic imine (C=N–C) groups is 1. The summed E-state index contributed by atoms with van der Waals surface area (Å²) in [6.07, 6.45) is 10.8. The summed E-state index contributed by atoms with van der Waals surface area (Å²) in [7, 11) is -1.95. The Morgan fingerprint density at radius 2 is 2.13 bits per heavy atom. The van der Waals surface area contributed by atoms with Crippen LogP contribution in [-0.4, -0.2) is 53.1 Å². The second kappa shape index (κ2) is 6.67. The lowest BCUT2D eigenvalue weighted by molar-refractivity contribution is 0.0833. The van der Waals surface area contributed by atoms with Crippen molar-refractivity contribution in [2.45, 2.75) is 42.8 Å². The van der Waals surface area contributed by atoms with Crippen LogP contribution >= 0.6 is 0 Å². The van der Waals surface area contributed by atoms with E-state index in [1.807, 2.05) is 18.0 Å². The lowest BCUT2D eigenvalue weighted by Gasteiger charge is -2.37. The van der Waals surface area contributed by atoms with Crippen molar-refractivity contribution >= 4 is 27.6 Å². The molecule has 0 saturated heterocycles. The highest BCUT2D eigenvalue weighted by atomic mass is 32.2. The van der Waals surface area contributed by atoms with E-state index in [0.29, 0.717) is 18.2 Å². The molecule has 10 heteroatoms. The summed E-state index contributed by atoms with van der Waals surface area (Å²) in [4.78, 5) is 21.4. The second-order valence-corrected chi connectivity index (χ2v) is 10.1. The number of sulfonamides is 1. The predicted octanol–water partition coefficient (Wildman–Crippen LogP) is 1.08. The number of nitrogens with one attached hydrogen (secondary N) is 1. The highest BCUT2D eigenvalue weighted by molar-refractivity contribution is 7.89. The van der Waals surface area contributed by atoms with Crippen LogP contribution in [0.3, 0.4) is 0 Å². The summed E-state index contributed by atoms with van der Waals surface area (Å²) in [5.41, 5.74) is 1.28. The molecule has 3 aliphatic rings. The van der Waals surface area contributed by atoms with E-state index in [1.54, 1.807) is 24.0 Å². The zero-order valence-corrected chi connectivity index (χ0v) is 18.1. The van der Waals surface area contributed by atoms with Crippen molar-refractivity contribution in [2.75, 3.05) is 11.4 Å². The number of aromatic nitrogens is 2. The highest BCUT2D eigenvalue weighted by Crippen LogP contribution is 2.38. The maximum absolute atomic E-state index is 13.5. The molecule has 9 nitrogen and oxygen atoms in total. The number of anilines is 1. The van der Waals surface area contributed by atoms with Gasteiger partial charge in [0.15, 0.2) is 0 Å². The molecule has 3 heterocycles. The van der Waals surface area contributed by atoms with Crippen LogP contribution in [0.25, 0.3) is 0 Å². The molecule has 1 aromatic heterocycles. The van der Waals surface area contributed by atoms with Gasteiger partial charge in [-0.1, -0.05) is 5.92 Å². The summed E-state index contributed by atoms with van der Waals surface area (Å²) >= 11 is 0. The molecule has 0 radical (unpaired) electrons. The number of terminal acetylenes is 1. The van der Waals surface area contributed by atoms with Gasteiger partial charge in [-0.15, -0.1) is 6.42 Å². The lowest BCUT2D eigenvalue weighted by Crippen LogP contribution is -2.52. The first-order chi connectivity index (χ1) is 14.7. The quantitative estimate of drug-likeness (QED) is 0.705. The fourth-order valence-electron chi connectivity index (χ4n) is 3.93. The molecule has 2 aliphatic heterocycles. The summed E-state index contributed by atoms with van der Waals surface area (Å²) in [6, 6.07) is 4.25. The van der Waals surface area contributed by atoms with Crippen LogP contribution in [0.1, 0.15) is 35.7 Å². The molecular formula is C21H22N6O3S. The average Bonchev–Trinajstić information content (AvgIpc) is 3.12. The van der Waals surface area contributed by atoms with Crippen molar-refractivity contribution in [3.63, 3.8) is 0 Å². The summed E-state index contributed by atoms with van der Waals surface area (Å²) in [6.45, 7) is 2.49. The third-order valence-corrected chi connectivity index (χ3v) is 7.50. The molecule has 1 aliphatic carbocycles. The number of guanidine groups is 1. The minimum absolute atomic E-state index is 0.0610. The number of nitrogens with zero attached hydrogens (tertiary/aromatic N) is 5. The van der Waals surface area contributed by atoms with Crippen LogP contribution in [-0.2, 0) is 23.6 Å². The minimum Gasteiger partial charge on any atom is -0.295 e. The van der Waals surface area contributed by atoms with Gasteiger partial charge in [-0.25, -0.2) is 18.1 Å². The van der Waals surface area contributed by atoms with Gasteiger partial charge in [0.1, 0.15) is 6.04 Å². The molecule has 1 atom stereocenters. The van der Waals surface area contributed by atoms with E-state index < -0.39 is 15.6 Å². The van der Waals surface area contributed by atoms with Crippen LogP contribution in [0, 0.1) is 12.3 Å². The molecule has 0 bridgehead atoms. The first-order valence-electron chi connectivity index (χ1n) is 9.98. The maximum Gasteiger partial charge on any atom is 0.263 e. The van der Waals surface area contributed by atoms with E-state index in [9.17, 15) is 13.2 Å². The standard InChI is InChI=1S/C21H22N6O3S/c1-4-15-11-22-20-26(13-14-10-23-25(3)12-14)19(28)17-9-16(5-6-18(17)27(15)20)31(29,30)24-21(2)7-8-21/h1,5-6,9-10,12,15,24H,7-8,11,13H2,2-3H3/t15-/m0/s1. The molecular weight excluding hydrogens is 416 g/mol. The van der Waals surface area contributed by atoms with Gasteiger partial charge in [-0.05, 0) is 38.0 Å². The molecule has 1 fully saturated rings. The molecule has 1 saturated carbocycles. The van der Waals surface area contributed by atoms with Gasteiger partial charge >= 0.3 is 0 Å². The number of hydrogen-bond donors (Lipinski definition) is 1. The van der Waals surface area contributed by atoms with Crippen molar-refractivity contribution in [1.82, 2.24) is 19.4 Å². The number of fused-ring (bicyclic) bond motifs is 3. The van der Waals surface area contributed by atoms with Crippen molar-refractivity contribution in [2.24, 2.45) is 12.0 Å². The lowest BCUT2D eigenvalue weighted by atomic mass is 10.1. The van der Waals surface area contributed by atoms with E-state index in [4.69, 9.17) is 6.42 Å². The van der Waals surface area contributed by atoms with Gasteiger partial charge < -0.3 is 0 Å². The fourth-order valence-corrected chi connectivity index (χ4v) is 5.43. The SMILES string of the molecule is C#C[C@H]1CN=C2N(Cc3cnn(C)c3)C(=O)c3cc(S(=O)(=O)NC4(C)CC4)ccc3N21. The summed E-state index contributed by atoms with van der Waals surface area (Å²) in [5.74, 6) is 2.88. The van der Waals surface area contributed by atoms with Gasteiger partial charge in [-0.2, -0.15) is 5.10 Å². The summed E-state index contributed by atoms with van der Waals surface area (Å²) in [5, 5.41) is 4.16. The smallest absolute Gasteiger partial charge is 0.263 e. The van der Waals surface area contributed by atoms with Gasteiger partial charge in [-0.3, -0.25) is 19.3 Å². The van der Waals surface area contributed by atoms with E-state index in [1.165, 1.54) is 17.0 Å². The van der Waals surface area contributed by atoms with Crippen molar-refractivity contribution in [3.8, 4) is 12.3 Å². The molecule has 31 heavy (non-hydrogen) atoms. The molecule has 2 aromatic rings. The van der Waals surface area contributed by atoms with Crippen LogP contribution in [0.4, 0.5) is 5.69 Å². The Morgan fingerprint density at radius 3 is 2.77 bits per heavy atom. The number of amides is 1. The second-order valence-electron chi connectivity index (χ2n) is 8.45. The van der Waals surface area contributed by atoms with Crippen molar-refractivity contribution in [3.05, 3.63) is 41.7 Å². The Kier molecular flexibility index (Phi) is 4.26. The highest BCUT2D eigenvalue weighted by Gasteiger charge is 2.44. The van der Waals surface area contributed by atoms with Crippen LogP contribution < -0.4 is 9.62 Å². The number of hydrogen-bond acceptors (Lipinski definition) is 6. The molecule has 1 N–H and O–H groups in total. The van der Waals surface area contributed by atoms with Crippen molar-refractivity contribution < 1.29 is 13.2 Å². The normalized spacial score (nSPS) is 21.4. The number of carbonyl (C=O) groups is 1. The van der Waals surface area contributed by atoms with Crippen LogP contribution in [0.2, 0.25) is 0 Å². The third kappa shape index (κ3) is 3.30. The Balaban J connectivity index is 1.57. The number of aryl methyl sites for hydroxylation is 1. The van der Waals surface area contributed by atoms with Gasteiger partial charge in [0.05, 0.1) is 35.4 Å². The monoisotopic (exact) mass is 438 g/mol. The minimum atomic E-state index is -3.75. The predicted molar refractivity (Wildman–Crippen MR) is 115 cm³/mol. The average molecular weight is 439 g/mol. The van der Waals surface area contributed by atoms with Gasteiger partial charge in [0.25, 0.3) is 5.91 Å². The topological polar surface area (TPSA) is 99.9 Å². The number of rotatable bonds is 5. The fraction of sp³-hybridized carbons (Fsp3) is 0.381. The van der Waals surface area contributed by atoms with Crippen molar-refractivity contribution in [1.29, 1.82) is 0 Å². The molecule has 1 aromatic carbocycles. The number of benzene rings is 1. The summed E-state index contributed by atoms with van der Waals surface area (Å²) < 4.78 is 30.2. The van der Waals surface area contributed by atoms with E-state index in [0.717, 1.165) is 18.4 Å². The first-order valence-corrected chi connectivity index (χ1v) is 11.5. The molecule has 160 valence electrons. The van der Waals surface area contributed by atoms with Gasteiger partial charge in [0, 0.05) is 24.3 Å². The van der Waals surface area contributed by atoms with E-state index >= 15 is 0 Å². The van der Waals surface area contributed by atoms with Crippen LogP contribution in [0.5, 0.6) is 0 Å². The number of carbonyl (C=O) groups excluding carboxylic acids is 1. The van der Waals surface area contributed by atoms with E-state index in [2.05, 4.69) is 20.7 Å². The molecule has 0 unspecified atom stereocenters. The Morgan fingerprint density at radius 1 is 1.35 bits per heavy atom. The Bertz CT molecular complexity index is 1270. The van der Waals surface area contributed by atoms with Gasteiger partial charge in [0.2, 0.25) is 16.0 Å². The Hall–Kier alpha value is -3.16. The van der Waals surface area contributed by atoms with Crippen LogP contribution in [0.15, 0.2) is 40.5 Å². The van der Waals surface area contributed by atoms with E-state index in [-0.39, 0.29) is 29.0 Å². The maximum atomic E-state index is 13.5.